The van der Waals surface area contributed by atoms with Gasteiger partial charge in [-0.3, -0.25) is 0 Å². The Bertz CT molecular complexity index is 948. The Morgan fingerprint density at radius 3 is 2.59 bits per heavy atom. The number of hydrogen-bond donors (Lipinski definition) is 2. The maximum Gasteiger partial charge on any atom is 0.216 e. The van der Waals surface area contributed by atoms with Gasteiger partial charge in [-0.25, -0.2) is 19.2 Å². The number of benzene rings is 1. The topological polar surface area (TPSA) is 71.2 Å². The number of rotatable bonds is 6. The van der Waals surface area contributed by atoms with Gasteiger partial charge in [0.1, 0.15) is 29.2 Å². The van der Waals surface area contributed by atoms with E-state index in [4.69, 9.17) is 14.2 Å². The van der Waals surface area contributed by atoms with Gasteiger partial charge in [0.2, 0.25) is 5.88 Å². The number of nitrogens with one attached hydrogen (secondary N) is 2. The van der Waals surface area contributed by atoms with Crippen LogP contribution >= 0.6 is 0 Å². The molecule has 1 saturated heterocycles. The fourth-order valence-corrected chi connectivity index (χ4v) is 3.64. The van der Waals surface area contributed by atoms with Crippen LogP contribution < -0.4 is 20.2 Å². The van der Waals surface area contributed by atoms with Gasteiger partial charge in [-0.05, 0) is 24.6 Å². The average Bonchev–Trinajstić information content (AvgIpc) is 3.41. The van der Waals surface area contributed by atoms with Crippen molar-refractivity contribution in [3.05, 3.63) is 53.2 Å². The van der Waals surface area contributed by atoms with Crippen molar-refractivity contribution in [3.63, 3.8) is 0 Å². The summed E-state index contributed by atoms with van der Waals surface area (Å²) in [6, 6.07) is 5.28. The fraction of sp³-hybridized carbons (Fsp3) is 0.350. The van der Waals surface area contributed by atoms with Gasteiger partial charge in [0.15, 0.2) is 6.23 Å². The van der Waals surface area contributed by atoms with E-state index in [1.807, 2.05) is 19.0 Å². The van der Waals surface area contributed by atoms with E-state index in [1.165, 1.54) is 18.2 Å². The van der Waals surface area contributed by atoms with Crippen molar-refractivity contribution in [1.29, 1.82) is 0 Å². The summed E-state index contributed by atoms with van der Waals surface area (Å²) in [6.07, 6.45) is 0.901. The summed E-state index contributed by atoms with van der Waals surface area (Å²) in [5.74, 6) is -0.230. The summed E-state index contributed by atoms with van der Waals surface area (Å²) in [7, 11) is 5.01. The van der Waals surface area contributed by atoms with Gasteiger partial charge in [-0.2, -0.15) is 0 Å². The van der Waals surface area contributed by atoms with Crippen molar-refractivity contribution in [2.24, 2.45) is 0 Å². The molecule has 3 unspecified atom stereocenters. The van der Waals surface area contributed by atoms with Gasteiger partial charge in [-0.15, -0.1) is 0 Å². The number of aromatic nitrogens is 1. The van der Waals surface area contributed by atoms with Gasteiger partial charge >= 0.3 is 0 Å². The molecule has 2 aromatic rings. The third kappa shape index (κ3) is 3.47. The number of methoxy groups -OCH3 is 2. The highest BCUT2D eigenvalue weighted by Gasteiger charge is 2.49. The molecule has 0 spiro atoms. The van der Waals surface area contributed by atoms with Crippen molar-refractivity contribution in [2.45, 2.75) is 25.3 Å². The Labute approximate surface area is 167 Å². The van der Waals surface area contributed by atoms with Gasteiger partial charge in [0, 0.05) is 19.3 Å². The summed E-state index contributed by atoms with van der Waals surface area (Å²) < 4.78 is 44.1. The van der Waals surface area contributed by atoms with E-state index in [0.717, 1.165) is 16.8 Å². The molecule has 3 atom stereocenters. The lowest BCUT2D eigenvalue weighted by Crippen LogP contribution is -2.39. The molecule has 1 fully saturated rings. The molecule has 0 saturated carbocycles. The summed E-state index contributed by atoms with van der Waals surface area (Å²) >= 11 is 0. The lowest BCUT2D eigenvalue weighted by molar-refractivity contribution is 0.287. The van der Waals surface area contributed by atoms with Crippen molar-refractivity contribution < 1.29 is 23.0 Å². The van der Waals surface area contributed by atoms with Crippen LogP contribution in [0.25, 0.3) is 5.70 Å². The van der Waals surface area contributed by atoms with Crippen molar-refractivity contribution in [1.82, 2.24) is 15.4 Å². The predicted molar refractivity (Wildman–Crippen MR) is 103 cm³/mol. The highest BCUT2D eigenvalue weighted by atomic mass is 19.1. The SMILES string of the molecule is COc1cc(OC)c(C2=C(C)C(C3OC3Nc3c(F)cccc3F)NN2C)cn1. The largest absolute Gasteiger partial charge is 0.496 e. The molecule has 154 valence electrons. The van der Waals surface area contributed by atoms with E-state index in [1.54, 1.807) is 26.5 Å². The lowest BCUT2D eigenvalue weighted by Gasteiger charge is -2.19. The minimum Gasteiger partial charge on any atom is -0.496 e. The first-order chi connectivity index (χ1) is 13.9. The molecule has 3 heterocycles. The zero-order chi connectivity index (χ0) is 20.7. The zero-order valence-electron chi connectivity index (χ0n) is 16.5. The normalized spacial score (nSPS) is 23.4. The molecular formula is C20H22F2N4O3. The Kier molecular flexibility index (Phi) is 5.01. The van der Waals surface area contributed by atoms with Crippen LogP contribution in [0.4, 0.5) is 14.5 Å². The Hall–Kier alpha value is -2.91. The van der Waals surface area contributed by atoms with E-state index < -0.39 is 17.9 Å². The Morgan fingerprint density at radius 1 is 1.21 bits per heavy atom. The number of anilines is 1. The first-order valence-corrected chi connectivity index (χ1v) is 9.09. The summed E-state index contributed by atoms with van der Waals surface area (Å²) in [4.78, 5) is 4.28. The van der Waals surface area contributed by atoms with Crippen LogP contribution in [0, 0.1) is 11.6 Å². The number of hydrogen-bond acceptors (Lipinski definition) is 7. The fourth-order valence-electron chi connectivity index (χ4n) is 3.64. The summed E-state index contributed by atoms with van der Waals surface area (Å²) in [5, 5.41) is 4.67. The van der Waals surface area contributed by atoms with Crippen LogP contribution in [0.1, 0.15) is 12.5 Å². The maximum absolute atomic E-state index is 13.9. The molecule has 1 aromatic carbocycles. The molecule has 0 radical (unpaired) electrons. The zero-order valence-corrected chi connectivity index (χ0v) is 16.5. The van der Waals surface area contributed by atoms with Crippen LogP contribution in [-0.4, -0.2) is 49.6 Å². The maximum atomic E-state index is 13.9. The summed E-state index contributed by atoms with van der Waals surface area (Å²) in [6.45, 7) is 1.97. The first-order valence-electron chi connectivity index (χ1n) is 9.09. The first kappa shape index (κ1) is 19.4. The molecule has 7 nitrogen and oxygen atoms in total. The molecule has 9 heteroatoms. The molecule has 0 bridgehead atoms. The van der Waals surface area contributed by atoms with Crippen LogP contribution in [0.5, 0.6) is 11.6 Å². The van der Waals surface area contributed by atoms with E-state index in [2.05, 4.69) is 15.7 Å². The average molecular weight is 404 g/mol. The van der Waals surface area contributed by atoms with Gasteiger partial charge in [0.05, 0.1) is 31.5 Å². The highest BCUT2D eigenvalue weighted by Crippen LogP contribution is 2.40. The van der Waals surface area contributed by atoms with Crippen LogP contribution in [-0.2, 0) is 4.74 Å². The second-order valence-electron chi connectivity index (χ2n) is 6.89. The number of nitrogens with zero attached hydrogens (tertiary/aromatic N) is 2. The Balaban J connectivity index is 1.56. The predicted octanol–water partition coefficient (Wildman–Crippen LogP) is 2.76. The smallest absolute Gasteiger partial charge is 0.216 e. The van der Waals surface area contributed by atoms with Gasteiger partial charge < -0.3 is 24.5 Å². The van der Waals surface area contributed by atoms with E-state index >= 15 is 0 Å². The van der Waals surface area contributed by atoms with Crippen LogP contribution in [0.3, 0.4) is 0 Å². The summed E-state index contributed by atoms with van der Waals surface area (Å²) in [5.41, 5.74) is 5.84. The van der Waals surface area contributed by atoms with Crippen molar-refractivity contribution in [3.8, 4) is 11.6 Å². The number of pyridine rings is 1. The molecule has 0 amide bonds. The monoisotopic (exact) mass is 404 g/mol. The lowest BCUT2D eigenvalue weighted by atomic mass is 10.0. The van der Waals surface area contributed by atoms with E-state index in [-0.39, 0.29) is 17.8 Å². The minimum absolute atomic E-state index is 0.172. The number of halogens is 2. The number of ether oxygens (including phenoxy) is 3. The molecular weight excluding hydrogens is 382 g/mol. The van der Waals surface area contributed by atoms with Crippen LogP contribution in [0.15, 0.2) is 36.0 Å². The van der Waals surface area contributed by atoms with Crippen molar-refractivity contribution >= 4 is 11.4 Å². The quantitative estimate of drug-likeness (QED) is 0.718. The third-order valence-electron chi connectivity index (χ3n) is 5.14. The molecule has 2 aliphatic rings. The van der Waals surface area contributed by atoms with Crippen LogP contribution in [0.2, 0.25) is 0 Å². The Morgan fingerprint density at radius 2 is 1.93 bits per heavy atom. The van der Waals surface area contributed by atoms with E-state index in [9.17, 15) is 8.78 Å². The van der Waals surface area contributed by atoms with E-state index in [0.29, 0.717) is 11.6 Å². The molecule has 0 aliphatic carbocycles. The van der Waals surface area contributed by atoms with Gasteiger partial charge in [-0.1, -0.05) is 6.07 Å². The highest BCUT2D eigenvalue weighted by molar-refractivity contribution is 5.73. The second kappa shape index (κ2) is 7.49. The molecule has 2 N–H and O–H groups in total. The number of para-hydroxylation sites is 1. The van der Waals surface area contributed by atoms with Gasteiger partial charge in [0.25, 0.3) is 0 Å². The third-order valence-corrected chi connectivity index (χ3v) is 5.14. The molecule has 2 aliphatic heterocycles. The molecule has 1 aromatic heterocycles. The molecule has 29 heavy (non-hydrogen) atoms. The second-order valence-corrected chi connectivity index (χ2v) is 6.89. The molecule has 4 rings (SSSR count). The minimum atomic E-state index is -0.655. The van der Waals surface area contributed by atoms with Crippen molar-refractivity contribution in [2.75, 3.05) is 26.6 Å². The number of hydrazine groups is 1. The standard InChI is InChI=1S/C20H22F2N4O3/c1-10-16(19-20(29-19)24-17-12(21)6-5-7-13(17)22)25-26(2)18(10)11-9-23-15(28-4)8-14(11)27-3/h5-9,16,19-20,24-25H,1-4H3. The number of epoxide rings is 1.